The first-order chi connectivity index (χ1) is 7.37. The second kappa shape index (κ2) is 6.27. The summed E-state index contributed by atoms with van der Waals surface area (Å²) in [4.78, 5) is 24.2. The van der Waals surface area contributed by atoms with Gasteiger partial charge in [-0.05, 0) is 20.9 Å². The Kier molecular flexibility index (Phi) is 5.74. The third-order valence-electron chi connectivity index (χ3n) is 2.52. The van der Waals surface area contributed by atoms with Gasteiger partial charge in [-0.3, -0.25) is 4.79 Å². The number of amides is 1. The molecule has 0 aliphatic carbocycles. The number of carbonyl (C=O) groups is 2. The van der Waals surface area contributed by atoms with Crippen LogP contribution in [-0.4, -0.2) is 49.6 Å². The van der Waals surface area contributed by atoms with Gasteiger partial charge >= 0.3 is 6.09 Å². The van der Waals surface area contributed by atoms with E-state index in [2.05, 4.69) is 11.9 Å². The monoisotopic (exact) mass is 228 g/mol. The normalized spacial score (nSPS) is 13.8. The zero-order valence-electron chi connectivity index (χ0n) is 10.4. The van der Waals surface area contributed by atoms with Crippen molar-refractivity contribution in [2.24, 2.45) is 0 Å². The van der Waals surface area contributed by atoms with E-state index in [4.69, 9.17) is 4.74 Å². The van der Waals surface area contributed by atoms with Crippen LogP contribution in [0.25, 0.3) is 0 Å². The fourth-order valence-corrected chi connectivity index (χ4v) is 1.15. The molecule has 0 fully saturated rings. The van der Waals surface area contributed by atoms with Gasteiger partial charge in [0.05, 0.1) is 5.54 Å². The Hall–Kier alpha value is -1.36. The van der Waals surface area contributed by atoms with E-state index in [-0.39, 0.29) is 18.9 Å². The summed E-state index contributed by atoms with van der Waals surface area (Å²) in [5, 5.41) is 2.90. The number of rotatable bonds is 6. The average Bonchev–Trinajstić information content (AvgIpc) is 2.25. The van der Waals surface area contributed by atoms with Crippen LogP contribution in [0.4, 0.5) is 4.79 Å². The molecule has 0 saturated carbocycles. The zero-order valence-corrected chi connectivity index (χ0v) is 10.4. The van der Waals surface area contributed by atoms with Crippen LogP contribution in [0, 0.1) is 0 Å². The largest absolute Gasteiger partial charge is 0.445 e. The molecule has 0 aromatic heterocycles. The molecule has 0 aromatic rings. The fraction of sp³-hybridized carbons (Fsp3) is 0.636. The van der Waals surface area contributed by atoms with Gasteiger partial charge in [0, 0.05) is 13.6 Å². The van der Waals surface area contributed by atoms with Crippen LogP contribution >= 0.6 is 0 Å². The highest BCUT2D eigenvalue weighted by atomic mass is 16.6. The lowest BCUT2D eigenvalue weighted by Crippen LogP contribution is -2.55. The van der Waals surface area contributed by atoms with Crippen LogP contribution in [0.1, 0.15) is 13.8 Å². The Balaban J connectivity index is 4.41. The highest BCUT2D eigenvalue weighted by molar-refractivity contribution is 5.86. The molecule has 92 valence electrons. The minimum atomic E-state index is -0.748. The van der Waals surface area contributed by atoms with Gasteiger partial charge in [-0.1, -0.05) is 12.7 Å². The molecule has 0 aliphatic heterocycles. The molecule has 1 atom stereocenters. The molecule has 0 heterocycles. The van der Waals surface area contributed by atoms with Crippen molar-refractivity contribution in [3.05, 3.63) is 12.7 Å². The van der Waals surface area contributed by atoms with Crippen LogP contribution in [-0.2, 0) is 9.53 Å². The number of likely N-dealkylation sites (N-methyl/N-ethyl adjacent to an activating group) is 2. The molecule has 0 aliphatic rings. The lowest BCUT2D eigenvalue weighted by atomic mass is 9.97. The van der Waals surface area contributed by atoms with Crippen molar-refractivity contribution in [3.8, 4) is 0 Å². The molecule has 0 radical (unpaired) electrons. The summed E-state index contributed by atoms with van der Waals surface area (Å²) in [6, 6.07) is 0. The van der Waals surface area contributed by atoms with Crippen LogP contribution in [0.2, 0.25) is 0 Å². The molecular formula is C11H20N2O3. The van der Waals surface area contributed by atoms with E-state index in [1.165, 1.54) is 17.9 Å². The average molecular weight is 228 g/mol. The minimum absolute atomic E-state index is 0.0293. The summed E-state index contributed by atoms with van der Waals surface area (Å²) in [6.07, 6.45) is 1.02. The minimum Gasteiger partial charge on any atom is -0.445 e. The molecule has 0 rings (SSSR count). The Morgan fingerprint density at radius 3 is 2.50 bits per heavy atom. The molecule has 0 saturated heterocycles. The summed E-state index contributed by atoms with van der Waals surface area (Å²) in [5.41, 5.74) is -0.748. The van der Waals surface area contributed by atoms with Crippen LogP contribution < -0.4 is 5.32 Å². The lowest BCUT2D eigenvalue weighted by Gasteiger charge is -2.30. The zero-order chi connectivity index (χ0) is 12.8. The van der Waals surface area contributed by atoms with E-state index in [1.807, 2.05) is 0 Å². The summed E-state index contributed by atoms with van der Waals surface area (Å²) >= 11 is 0. The third-order valence-corrected chi connectivity index (χ3v) is 2.52. The van der Waals surface area contributed by atoms with Crippen molar-refractivity contribution in [2.75, 3.05) is 27.2 Å². The Morgan fingerprint density at radius 1 is 1.56 bits per heavy atom. The van der Waals surface area contributed by atoms with Crippen LogP contribution in [0.5, 0.6) is 0 Å². The van der Waals surface area contributed by atoms with Gasteiger partial charge in [0.2, 0.25) is 0 Å². The van der Waals surface area contributed by atoms with Crippen molar-refractivity contribution in [1.82, 2.24) is 10.2 Å². The molecule has 1 amide bonds. The number of ketones is 1. The maximum atomic E-state index is 11.4. The van der Waals surface area contributed by atoms with Gasteiger partial charge in [0.1, 0.15) is 6.61 Å². The number of ether oxygens (including phenoxy) is 1. The smallest absolute Gasteiger partial charge is 0.409 e. The quantitative estimate of drug-likeness (QED) is 0.683. The molecule has 5 heteroatoms. The number of carbonyl (C=O) groups excluding carboxylic acids is 2. The summed E-state index contributed by atoms with van der Waals surface area (Å²) in [7, 11) is 3.27. The maximum absolute atomic E-state index is 11.4. The van der Waals surface area contributed by atoms with Gasteiger partial charge in [0.15, 0.2) is 5.78 Å². The summed E-state index contributed by atoms with van der Waals surface area (Å²) < 4.78 is 4.85. The maximum Gasteiger partial charge on any atom is 0.409 e. The fourth-order valence-electron chi connectivity index (χ4n) is 1.15. The molecular weight excluding hydrogens is 208 g/mol. The van der Waals surface area contributed by atoms with E-state index in [0.29, 0.717) is 0 Å². The number of hydrogen-bond donors (Lipinski definition) is 1. The summed E-state index contributed by atoms with van der Waals surface area (Å²) in [6.45, 7) is 7.10. The SMILES string of the molecule is C=CCOC(=O)N(C)CC(C)(NC)C(C)=O. The van der Waals surface area contributed by atoms with Crippen LogP contribution in [0.3, 0.4) is 0 Å². The molecule has 5 nitrogen and oxygen atoms in total. The van der Waals surface area contributed by atoms with Crippen molar-refractivity contribution in [2.45, 2.75) is 19.4 Å². The first-order valence-electron chi connectivity index (χ1n) is 5.06. The van der Waals surface area contributed by atoms with Gasteiger partial charge < -0.3 is 15.0 Å². The first kappa shape index (κ1) is 14.6. The second-order valence-corrected chi connectivity index (χ2v) is 3.86. The molecule has 0 spiro atoms. The van der Waals surface area contributed by atoms with Gasteiger partial charge in [0.25, 0.3) is 0 Å². The molecule has 0 bridgehead atoms. The number of nitrogens with zero attached hydrogens (tertiary/aromatic N) is 1. The van der Waals surface area contributed by atoms with Crippen molar-refractivity contribution < 1.29 is 14.3 Å². The predicted molar refractivity (Wildman–Crippen MR) is 62.3 cm³/mol. The van der Waals surface area contributed by atoms with Crippen molar-refractivity contribution in [3.63, 3.8) is 0 Å². The number of nitrogens with one attached hydrogen (secondary N) is 1. The van der Waals surface area contributed by atoms with Gasteiger partial charge in [-0.15, -0.1) is 0 Å². The number of Topliss-reactive ketones (excluding diaryl/α,β-unsaturated/α-hetero) is 1. The van der Waals surface area contributed by atoms with E-state index < -0.39 is 11.6 Å². The van der Waals surface area contributed by atoms with E-state index in [0.717, 1.165) is 0 Å². The predicted octanol–water partition coefficient (Wildman–Crippen LogP) is 0.808. The highest BCUT2D eigenvalue weighted by Crippen LogP contribution is 2.07. The topological polar surface area (TPSA) is 58.6 Å². The van der Waals surface area contributed by atoms with Crippen LogP contribution in [0.15, 0.2) is 12.7 Å². The molecule has 1 unspecified atom stereocenters. The van der Waals surface area contributed by atoms with Crippen molar-refractivity contribution in [1.29, 1.82) is 0 Å². The van der Waals surface area contributed by atoms with Crippen molar-refractivity contribution >= 4 is 11.9 Å². The first-order valence-corrected chi connectivity index (χ1v) is 5.06. The standard InChI is InChI=1S/C11H20N2O3/c1-6-7-16-10(15)13(5)8-11(3,12-4)9(2)14/h6,12H,1,7-8H2,2-5H3. The molecule has 16 heavy (non-hydrogen) atoms. The van der Waals surface area contributed by atoms with E-state index in [9.17, 15) is 9.59 Å². The Morgan fingerprint density at radius 2 is 2.12 bits per heavy atom. The van der Waals surface area contributed by atoms with E-state index in [1.54, 1.807) is 21.0 Å². The number of hydrogen-bond acceptors (Lipinski definition) is 4. The Labute approximate surface area is 96.4 Å². The van der Waals surface area contributed by atoms with Gasteiger partial charge in [-0.2, -0.15) is 0 Å². The van der Waals surface area contributed by atoms with Gasteiger partial charge in [-0.25, -0.2) is 4.79 Å². The lowest BCUT2D eigenvalue weighted by molar-refractivity contribution is -0.123. The Bertz CT molecular complexity index is 278. The third kappa shape index (κ3) is 4.02. The second-order valence-electron chi connectivity index (χ2n) is 3.86. The van der Waals surface area contributed by atoms with E-state index >= 15 is 0 Å². The highest BCUT2D eigenvalue weighted by Gasteiger charge is 2.31. The molecule has 0 aromatic carbocycles. The molecule has 1 N–H and O–H groups in total. The summed E-state index contributed by atoms with van der Waals surface area (Å²) in [5.74, 6) is -0.0293.